The first-order chi connectivity index (χ1) is 12.9. The molecular formula is C20H17FN2O3S. The molecule has 0 radical (unpaired) electrons. The highest BCUT2D eigenvalue weighted by Gasteiger charge is 2.29. The second-order valence-electron chi connectivity index (χ2n) is 6.65. The number of carbonyl (C=O) groups is 1. The molecule has 7 heteroatoms. The van der Waals surface area contributed by atoms with Crippen molar-refractivity contribution >= 4 is 26.6 Å². The van der Waals surface area contributed by atoms with Crippen molar-refractivity contribution in [3.05, 3.63) is 66.0 Å². The second-order valence-corrected chi connectivity index (χ2v) is 8.88. The molecule has 5 nitrogen and oxygen atoms in total. The lowest BCUT2D eigenvalue weighted by Gasteiger charge is -2.14. The van der Waals surface area contributed by atoms with Crippen LogP contribution in [-0.4, -0.2) is 36.9 Å². The first-order valence-electron chi connectivity index (χ1n) is 8.58. The molecule has 1 N–H and O–H groups in total. The average Bonchev–Trinajstić information content (AvgIpc) is 2.99. The Morgan fingerprint density at radius 1 is 1.11 bits per heavy atom. The van der Waals surface area contributed by atoms with E-state index in [-0.39, 0.29) is 29.3 Å². The Bertz CT molecular complexity index is 1130. The van der Waals surface area contributed by atoms with Crippen molar-refractivity contribution in [2.75, 3.05) is 11.5 Å². The van der Waals surface area contributed by atoms with Crippen LogP contribution >= 0.6 is 0 Å². The van der Waals surface area contributed by atoms with Gasteiger partial charge in [-0.25, -0.2) is 17.8 Å². The lowest BCUT2D eigenvalue weighted by Crippen LogP contribution is -2.35. The van der Waals surface area contributed by atoms with Gasteiger partial charge in [-0.1, -0.05) is 18.2 Å². The van der Waals surface area contributed by atoms with Gasteiger partial charge in [-0.15, -0.1) is 0 Å². The van der Waals surface area contributed by atoms with Gasteiger partial charge in [0.1, 0.15) is 5.82 Å². The van der Waals surface area contributed by atoms with Crippen molar-refractivity contribution in [2.24, 2.45) is 0 Å². The van der Waals surface area contributed by atoms with E-state index in [0.29, 0.717) is 34.1 Å². The Morgan fingerprint density at radius 3 is 2.56 bits per heavy atom. The Kier molecular flexibility index (Phi) is 4.39. The second kappa shape index (κ2) is 6.74. The molecule has 138 valence electrons. The first-order valence-corrected chi connectivity index (χ1v) is 10.4. The third-order valence-corrected chi connectivity index (χ3v) is 6.44. The fourth-order valence-corrected chi connectivity index (χ4v) is 4.98. The Balaban J connectivity index is 1.74. The fourth-order valence-electron chi connectivity index (χ4n) is 3.30. The quantitative estimate of drug-likeness (QED) is 0.753. The lowest BCUT2D eigenvalue weighted by molar-refractivity contribution is 0.0943. The van der Waals surface area contributed by atoms with E-state index < -0.39 is 9.84 Å². The minimum Gasteiger partial charge on any atom is -0.348 e. The molecule has 0 aliphatic carbocycles. The Hall–Kier alpha value is -2.80. The van der Waals surface area contributed by atoms with Crippen molar-refractivity contribution in [1.29, 1.82) is 0 Å². The maximum Gasteiger partial charge on any atom is 0.252 e. The van der Waals surface area contributed by atoms with Crippen LogP contribution in [0.3, 0.4) is 0 Å². The zero-order valence-corrected chi connectivity index (χ0v) is 15.2. The van der Waals surface area contributed by atoms with E-state index in [2.05, 4.69) is 10.3 Å². The molecule has 1 saturated heterocycles. The number of halogens is 1. The molecule has 0 saturated carbocycles. The predicted octanol–water partition coefficient (Wildman–Crippen LogP) is 2.96. The number of sulfone groups is 1. The van der Waals surface area contributed by atoms with Crippen LogP contribution in [0.2, 0.25) is 0 Å². The SMILES string of the molecule is O=C(NC1CCS(=O)(=O)C1)c1cc(-c2ccc(F)cc2)nc2ccccc12. The number of fused-ring (bicyclic) bond motifs is 1. The number of pyridine rings is 1. The number of rotatable bonds is 3. The van der Waals surface area contributed by atoms with Gasteiger partial charge in [0.2, 0.25) is 0 Å². The van der Waals surface area contributed by atoms with Crippen LogP contribution in [0.25, 0.3) is 22.2 Å². The molecule has 2 aromatic carbocycles. The van der Waals surface area contributed by atoms with Gasteiger partial charge in [-0.3, -0.25) is 4.79 Å². The van der Waals surface area contributed by atoms with Crippen LogP contribution in [0.4, 0.5) is 4.39 Å². The summed E-state index contributed by atoms with van der Waals surface area (Å²) < 4.78 is 36.5. The van der Waals surface area contributed by atoms with E-state index in [0.717, 1.165) is 0 Å². The molecule has 0 spiro atoms. The molecule has 27 heavy (non-hydrogen) atoms. The number of benzene rings is 2. The van der Waals surface area contributed by atoms with Gasteiger partial charge < -0.3 is 5.32 Å². The molecule has 1 unspecified atom stereocenters. The number of hydrogen-bond acceptors (Lipinski definition) is 4. The highest BCUT2D eigenvalue weighted by atomic mass is 32.2. The summed E-state index contributed by atoms with van der Waals surface area (Å²) in [4.78, 5) is 17.4. The number of hydrogen-bond donors (Lipinski definition) is 1. The van der Waals surface area contributed by atoms with Gasteiger partial charge in [-0.05, 0) is 42.8 Å². The van der Waals surface area contributed by atoms with Crippen LogP contribution in [0, 0.1) is 5.82 Å². The number of aromatic nitrogens is 1. The van der Waals surface area contributed by atoms with Crippen molar-refractivity contribution < 1.29 is 17.6 Å². The molecule has 1 atom stereocenters. The van der Waals surface area contributed by atoms with E-state index >= 15 is 0 Å². The van der Waals surface area contributed by atoms with Gasteiger partial charge >= 0.3 is 0 Å². The summed E-state index contributed by atoms with van der Waals surface area (Å²) in [5.41, 5.74) is 2.31. The maximum atomic E-state index is 13.2. The smallest absolute Gasteiger partial charge is 0.252 e. The molecule has 3 aromatic rings. The van der Waals surface area contributed by atoms with Crippen LogP contribution in [0.1, 0.15) is 16.8 Å². The standard InChI is InChI=1S/C20H17FN2O3S/c21-14-7-5-13(6-8-14)19-11-17(16-3-1-2-4-18(16)23-19)20(24)22-15-9-10-27(25,26)12-15/h1-8,11,15H,9-10,12H2,(H,22,24). The van der Waals surface area contributed by atoms with Gasteiger partial charge in [0.05, 0.1) is 28.3 Å². The number of nitrogens with zero attached hydrogens (tertiary/aromatic N) is 1. The summed E-state index contributed by atoms with van der Waals surface area (Å²) >= 11 is 0. The highest BCUT2D eigenvalue weighted by molar-refractivity contribution is 7.91. The van der Waals surface area contributed by atoms with Crippen LogP contribution in [-0.2, 0) is 9.84 Å². The monoisotopic (exact) mass is 384 g/mol. The third kappa shape index (κ3) is 3.68. The molecule has 1 aliphatic rings. The van der Waals surface area contributed by atoms with Crippen molar-refractivity contribution in [1.82, 2.24) is 10.3 Å². The minimum atomic E-state index is -3.08. The summed E-state index contributed by atoms with van der Waals surface area (Å²) in [5, 5.41) is 3.51. The van der Waals surface area contributed by atoms with Gasteiger partial charge in [-0.2, -0.15) is 0 Å². The van der Waals surface area contributed by atoms with Crippen molar-refractivity contribution in [3.63, 3.8) is 0 Å². The van der Waals surface area contributed by atoms with Gasteiger partial charge in [0.25, 0.3) is 5.91 Å². The summed E-state index contributed by atoms with van der Waals surface area (Å²) in [5.74, 6) is -0.623. The summed E-state index contributed by atoms with van der Waals surface area (Å²) in [6.07, 6.45) is 0.419. The van der Waals surface area contributed by atoms with E-state index in [1.807, 2.05) is 12.1 Å². The highest BCUT2D eigenvalue weighted by Crippen LogP contribution is 2.25. The predicted molar refractivity (Wildman–Crippen MR) is 102 cm³/mol. The van der Waals surface area contributed by atoms with Gasteiger partial charge in [0.15, 0.2) is 9.84 Å². The molecule has 2 heterocycles. The topological polar surface area (TPSA) is 76.1 Å². The molecule has 4 rings (SSSR count). The average molecular weight is 384 g/mol. The van der Waals surface area contributed by atoms with Crippen LogP contribution in [0.15, 0.2) is 54.6 Å². The lowest BCUT2D eigenvalue weighted by atomic mass is 10.0. The number of amides is 1. The zero-order valence-electron chi connectivity index (χ0n) is 14.4. The number of carbonyl (C=O) groups excluding carboxylic acids is 1. The molecule has 1 amide bonds. The maximum absolute atomic E-state index is 13.2. The molecule has 1 fully saturated rings. The summed E-state index contributed by atoms with van der Waals surface area (Å²) in [6.45, 7) is 0. The number of para-hydroxylation sites is 1. The summed E-state index contributed by atoms with van der Waals surface area (Å²) in [6, 6.07) is 14.4. The Morgan fingerprint density at radius 2 is 1.85 bits per heavy atom. The van der Waals surface area contributed by atoms with E-state index in [1.54, 1.807) is 30.3 Å². The normalized spacial score (nSPS) is 18.5. The van der Waals surface area contributed by atoms with Crippen LogP contribution < -0.4 is 5.32 Å². The molecule has 1 aliphatic heterocycles. The van der Waals surface area contributed by atoms with Crippen LogP contribution in [0.5, 0.6) is 0 Å². The first kappa shape index (κ1) is 17.6. The molecule has 1 aromatic heterocycles. The van der Waals surface area contributed by atoms with Crippen molar-refractivity contribution in [3.8, 4) is 11.3 Å². The van der Waals surface area contributed by atoms with Crippen molar-refractivity contribution in [2.45, 2.75) is 12.5 Å². The van der Waals surface area contributed by atoms with E-state index in [9.17, 15) is 17.6 Å². The van der Waals surface area contributed by atoms with E-state index in [4.69, 9.17) is 0 Å². The van der Waals surface area contributed by atoms with E-state index in [1.165, 1.54) is 12.1 Å². The molecule has 0 bridgehead atoms. The fraction of sp³-hybridized carbons (Fsp3) is 0.200. The number of nitrogens with one attached hydrogen (secondary N) is 1. The Labute approximate surface area is 156 Å². The third-order valence-electron chi connectivity index (χ3n) is 4.67. The largest absolute Gasteiger partial charge is 0.348 e. The summed E-state index contributed by atoms with van der Waals surface area (Å²) in [7, 11) is -3.08. The minimum absolute atomic E-state index is 0.0351. The van der Waals surface area contributed by atoms with Gasteiger partial charge in [0, 0.05) is 17.0 Å². The zero-order chi connectivity index (χ0) is 19.0. The molecular weight excluding hydrogens is 367 g/mol.